The van der Waals surface area contributed by atoms with Crippen LogP contribution in [0, 0.1) is 29.3 Å². The third-order valence-electron chi connectivity index (χ3n) is 8.19. The number of aromatic nitrogens is 3. The van der Waals surface area contributed by atoms with Gasteiger partial charge in [0, 0.05) is 41.2 Å². The van der Waals surface area contributed by atoms with Crippen molar-refractivity contribution < 1.29 is 18.0 Å². The summed E-state index contributed by atoms with van der Waals surface area (Å²) < 4.78 is 46.7. The summed E-state index contributed by atoms with van der Waals surface area (Å²) in [6, 6.07) is 2.46. The van der Waals surface area contributed by atoms with E-state index in [4.69, 9.17) is 0 Å². The lowest BCUT2D eigenvalue weighted by Gasteiger charge is -2.33. The molecular weight excluding hydrogens is 521 g/mol. The Morgan fingerprint density at radius 2 is 1.75 bits per heavy atom. The van der Waals surface area contributed by atoms with Gasteiger partial charge in [-0.05, 0) is 78.1 Å². The summed E-state index contributed by atoms with van der Waals surface area (Å²) in [7, 11) is 4.17. The van der Waals surface area contributed by atoms with Gasteiger partial charge in [-0.25, -0.2) is 18.2 Å². The molecule has 214 valence electrons. The fourth-order valence-corrected chi connectivity index (χ4v) is 5.59. The molecule has 8 nitrogen and oxygen atoms in total. The number of benzene rings is 1. The number of hydrogen-bond acceptors (Lipinski definition) is 6. The SMILES string of the molecule is CC(C)n1c(=O)c(-c2cc(F)c(NC(=O)[C@@H]3C[C@H]3C)c(F)c2F)cc2cnc(N[C@H]3CC[C@H](N(C)C)CC3)nc21. The van der Waals surface area contributed by atoms with Crippen LogP contribution in [0.25, 0.3) is 22.2 Å². The second kappa shape index (κ2) is 10.8. The third kappa shape index (κ3) is 5.31. The van der Waals surface area contributed by atoms with Crippen molar-refractivity contribution in [2.75, 3.05) is 24.7 Å². The van der Waals surface area contributed by atoms with Gasteiger partial charge in [-0.3, -0.25) is 14.2 Å². The first kappa shape index (κ1) is 28.1. The molecule has 3 aromatic rings. The van der Waals surface area contributed by atoms with E-state index in [0.717, 1.165) is 31.7 Å². The van der Waals surface area contributed by atoms with Crippen LogP contribution in [0.2, 0.25) is 0 Å². The fourth-order valence-electron chi connectivity index (χ4n) is 5.59. The highest BCUT2D eigenvalue weighted by Gasteiger charge is 2.40. The molecule has 1 aromatic carbocycles. The molecule has 2 heterocycles. The van der Waals surface area contributed by atoms with Crippen LogP contribution in [-0.4, -0.2) is 51.5 Å². The summed E-state index contributed by atoms with van der Waals surface area (Å²) >= 11 is 0. The Morgan fingerprint density at radius 1 is 1.07 bits per heavy atom. The zero-order valence-corrected chi connectivity index (χ0v) is 23.4. The van der Waals surface area contributed by atoms with E-state index in [1.807, 2.05) is 6.92 Å². The molecule has 2 atom stereocenters. The highest BCUT2D eigenvalue weighted by molar-refractivity contribution is 5.95. The van der Waals surface area contributed by atoms with Crippen molar-refractivity contribution in [2.24, 2.45) is 11.8 Å². The van der Waals surface area contributed by atoms with Crippen molar-refractivity contribution in [2.45, 2.75) is 71.0 Å². The van der Waals surface area contributed by atoms with Gasteiger partial charge in [-0.1, -0.05) is 6.92 Å². The number of nitrogens with one attached hydrogen (secondary N) is 2. The van der Waals surface area contributed by atoms with Crippen LogP contribution < -0.4 is 16.2 Å². The van der Waals surface area contributed by atoms with Gasteiger partial charge < -0.3 is 15.5 Å². The largest absolute Gasteiger partial charge is 0.351 e. The number of rotatable bonds is 7. The Morgan fingerprint density at radius 3 is 2.35 bits per heavy atom. The minimum atomic E-state index is -1.55. The van der Waals surface area contributed by atoms with Crippen LogP contribution in [0.15, 0.2) is 23.1 Å². The molecule has 0 radical (unpaired) electrons. The van der Waals surface area contributed by atoms with E-state index in [1.54, 1.807) is 13.8 Å². The molecule has 0 saturated heterocycles. The first-order valence-corrected chi connectivity index (χ1v) is 13.8. The quantitative estimate of drug-likeness (QED) is 0.382. The minimum absolute atomic E-state index is 0.110. The first-order valence-electron chi connectivity index (χ1n) is 13.8. The molecule has 40 heavy (non-hydrogen) atoms. The Bertz CT molecular complexity index is 1510. The van der Waals surface area contributed by atoms with E-state index < -0.39 is 40.2 Å². The zero-order valence-electron chi connectivity index (χ0n) is 23.4. The molecule has 0 bridgehead atoms. The Labute approximate surface area is 231 Å². The third-order valence-corrected chi connectivity index (χ3v) is 8.19. The van der Waals surface area contributed by atoms with Gasteiger partial charge in [0.1, 0.15) is 11.3 Å². The number of amides is 1. The average Bonchev–Trinajstić information content (AvgIpc) is 3.65. The molecule has 2 aliphatic rings. The van der Waals surface area contributed by atoms with E-state index in [2.05, 4.69) is 39.6 Å². The van der Waals surface area contributed by atoms with Crippen molar-refractivity contribution in [1.29, 1.82) is 0 Å². The summed E-state index contributed by atoms with van der Waals surface area (Å²) in [4.78, 5) is 37.1. The van der Waals surface area contributed by atoms with Crippen molar-refractivity contribution in [3.05, 3.63) is 46.1 Å². The lowest BCUT2D eigenvalue weighted by atomic mass is 9.91. The summed E-state index contributed by atoms with van der Waals surface area (Å²) in [6.07, 6.45) is 6.17. The second-order valence-corrected chi connectivity index (χ2v) is 11.6. The Kier molecular flexibility index (Phi) is 7.60. The standard InChI is InChI=1S/C29H35F3N6O2/c1-14(2)38-26-16(13-33-29(36-26)34-17-6-8-18(9-7-17)37(4)5)11-21(28(38)40)20-12-22(30)25(24(32)23(20)31)35-27(39)19-10-15(19)3/h11-15,17-19H,6-10H2,1-5H3,(H,35,39)(H,33,34,36)/t15-,17-,18-,19-/m1/s1. The second-order valence-electron chi connectivity index (χ2n) is 11.6. The monoisotopic (exact) mass is 556 g/mol. The lowest BCUT2D eigenvalue weighted by Crippen LogP contribution is -2.36. The maximum Gasteiger partial charge on any atom is 0.260 e. The zero-order chi connectivity index (χ0) is 28.9. The van der Waals surface area contributed by atoms with E-state index in [-0.39, 0.29) is 29.5 Å². The molecule has 0 spiro atoms. The normalized spacial score (nSPS) is 22.6. The number of nitrogens with zero attached hydrogens (tertiary/aromatic N) is 4. The maximum absolute atomic E-state index is 15.3. The summed E-state index contributed by atoms with van der Waals surface area (Å²) in [5.41, 5.74) is -1.91. The van der Waals surface area contributed by atoms with Crippen LogP contribution >= 0.6 is 0 Å². The number of hydrogen-bond donors (Lipinski definition) is 2. The smallest absolute Gasteiger partial charge is 0.260 e. The van der Waals surface area contributed by atoms with E-state index in [0.29, 0.717) is 29.4 Å². The van der Waals surface area contributed by atoms with E-state index in [9.17, 15) is 9.59 Å². The summed E-state index contributed by atoms with van der Waals surface area (Å²) in [5, 5.41) is 5.97. The van der Waals surface area contributed by atoms with E-state index in [1.165, 1.54) is 16.8 Å². The van der Waals surface area contributed by atoms with Crippen LogP contribution in [0.1, 0.15) is 58.9 Å². The van der Waals surface area contributed by atoms with Crippen LogP contribution in [0.3, 0.4) is 0 Å². The van der Waals surface area contributed by atoms with E-state index >= 15 is 13.2 Å². The van der Waals surface area contributed by atoms with Gasteiger partial charge in [-0.15, -0.1) is 0 Å². The number of anilines is 2. The first-order chi connectivity index (χ1) is 19.0. The molecule has 2 saturated carbocycles. The number of pyridine rings is 1. The number of carbonyl (C=O) groups excluding carboxylic acids is 1. The molecule has 5 rings (SSSR count). The average molecular weight is 557 g/mol. The van der Waals surface area contributed by atoms with Gasteiger partial charge in [0.25, 0.3) is 5.56 Å². The Balaban J connectivity index is 1.49. The fraction of sp³-hybridized carbons (Fsp3) is 0.517. The van der Waals surface area contributed by atoms with Crippen LogP contribution in [0.5, 0.6) is 0 Å². The van der Waals surface area contributed by atoms with Crippen LogP contribution in [0.4, 0.5) is 24.8 Å². The molecule has 1 amide bonds. The number of carbonyl (C=O) groups is 1. The summed E-state index contributed by atoms with van der Waals surface area (Å²) in [5.74, 6) is -4.54. The molecule has 11 heteroatoms. The molecule has 0 aliphatic heterocycles. The van der Waals surface area contributed by atoms with Crippen molar-refractivity contribution in [1.82, 2.24) is 19.4 Å². The Hall–Kier alpha value is -3.47. The van der Waals surface area contributed by atoms with Crippen molar-refractivity contribution in [3.63, 3.8) is 0 Å². The minimum Gasteiger partial charge on any atom is -0.351 e. The van der Waals surface area contributed by atoms with Crippen molar-refractivity contribution in [3.8, 4) is 11.1 Å². The van der Waals surface area contributed by atoms with Gasteiger partial charge in [0.15, 0.2) is 17.5 Å². The topological polar surface area (TPSA) is 92.1 Å². The van der Waals surface area contributed by atoms with Gasteiger partial charge in [-0.2, -0.15) is 4.98 Å². The van der Waals surface area contributed by atoms with Crippen molar-refractivity contribution >= 4 is 28.6 Å². The maximum atomic E-state index is 15.3. The molecule has 2 aliphatic carbocycles. The predicted octanol–water partition coefficient (Wildman–Crippen LogP) is 5.34. The molecular formula is C29H35F3N6O2. The number of halogens is 3. The molecule has 0 unspecified atom stereocenters. The lowest BCUT2D eigenvalue weighted by molar-refractivity contribution is -0.117. The highest BCUT2D eigenvalue weighted by Crippen LogP contribution is 2.39. The predicted molar refractivity (Wildman–Crippen MR) is 149 cm³/mol. The van der Waals surface area contributed by atoms with Gasteiger partial charge >= 0.3 is 0 Å². The van der Waals surface area contributed by atoms with Gasteiger partial charge in [0.05, 0.1) is 5.56 Å². The highest BCUT2D eigenvalue weighted by atomic mass is 19.2. The summed E-state index contributed by atoms with van der Waals surface area (Å²) in [6.45, 7) is 5.40. The number of fused-ring (bicyclic) bond motifs is 1. The van der Waals surface area contributed by atoms with Gasteiger partial charge in [0.2, 0.25) is 11.9 Å². The molecule has 2 fully saturated rings. The molecule has 2 aromatic heterocycles. The molecule has 2 N–H and O–H groups in total. The van der Waals surface area contributed by atoms with Crippen LogP contribution in [-0.2, 0) is 4.79 Å².